The fourth-order valence-electron chi connectivity index (χ4n) is 3.35. The van der Waals surface area contributed by atoms with Crippen LogP contribution in [0.4, 0.5) is 0 Å². The number of benzene rings is 2. The molecule has 0 aliphatic rings. The van der Waals surface area contributed by atoms with E-state index in [1.54, 1.807) is 25.3 Å². The lowest BCUT2D eigenvalue weighted by Crippen LogP contribution is -2.34. The zero-order valence-electron chi connectivity index (χ0n) is 19.0. The minimum Gasteiger partial charge on any atom is -0.508 e. The molecule has 0 radical (unpaired) electrons. The van der Waals surface area contributed by atoms with Crippen LogP contribution in [0.2, 0.25) is 0 Å². The number of amides is 1. The Morgan fingerprint density at radius 3 is 2.35 bits per heavy atom. The Hall–Kier alpha value is -2.60. The number of aromatic hydroxyl groups is 1. The highest BCUT2D eigenvalue weighted by molar-refractivity contribution is 7.21. The van der Waals surface area contributed by atoms with Crippen molar-refractivity contribution < 1.29 is 14.6 Å². The third-order valence-corrected chi connectivity index (χ3v) is 6.34. The Labute approximate surface area is 188 Å². The first-order valence-electron chi connectivity index (χ1n) is 10.9. The smallest absolute Gasteiger partial charge is 0.253 e. The SMILES string of the molecule is COc1cc(O)ccc1-c1nc2ccc(C(=O)N(CCC(C)C)CCC(C)C)cc2s1. The number of carbonyl (C=O) groups excluding carboxylic acids is 1. The van der Waals surface area contributed by atoms with Crippen LogP contribution in [-0.2, 0) is 0 Å². The number of fused-ring (bicyclic) bond motifs is 1. The van der Waals surface area contributed by atoms with E-state index in [4.69, 9.17) is 9.72 Å². The number of rotatable bonds is 9. The zero-order chi connectivity index (χ0) is 22.5. The maximum atomic E-state index is 13.3. The molecule has 0 saturated heterocycles. The first kappa shape index (κ1) is 23.1. The van der Waals surface area contributed by atoms with Gasteiger partial charge in [0.1, 0.15) is 16.5 Å². The van der Waals surface area contributed by atoms with Crippen molar-refractivity contribution in [3.8, 4) is 22.1 Å². The highest BCUT2D eigenvalue weighted by Gasteiger charge is 2.18. The summed E-state index contributed by atoms with van der Waals surface area (Å²) in [4.78, 5) is 20.0. The number of ether oxygens (including phenoxy) is 1. The molecule has 3 rings (SSSR count). The van der Waals surface area contributed by atoms with Crippen molar-refractivity contribution in [3.05, 3.63) is 42.0 Å². The summed E-state index contributed by atoms with van der Waals surface area (Å²) in [5.41, 5.74) is 2.38. The Balaban J connectivity index is 1.89. The number of aromatic nitrogens is 1. The van der Waals surface area contributed by atoms with Crippen LogP contribution in [0.15, 0.2) is 36.4 Å². The maximum absolute atomic E-state index is 13.3. The molecule has 1 N–H and O–H groups in total. The number of carbonyl (C=O) groups is 1. The summed E-state index contributed by atoms with van der Waals surface area (Å²) in [7, 11) is 1.57. The van der Waals surface area contributed by atoms with Gasteiger partial charge in [0.05, 0.1) is 22.9 Å². The second-order valence-electron chi connectivity index (χ2n) is 8.74. The quantitative estimate of drug-likeness (QED) is 0.429. The van der Waals surface area contributed by atoms with Crippen LogP contribution in [-0.4, -0.2) is 41.1 Å². The number of hydrogen-bond donors (Lipinski definition) is 1. The molecule has 31 heavy (non-hydrogen) atoms. The van der Waals surface area contributed by atoms with Crippen molar-refractivity contribution in [2.75, 3.05) is 20.2 Å². The van der Waals surface area contributed by atoms with Gasteiger partial charge in [-0.15, -0.1) is 11.3 Å². The van der Waals surface area contributed by atoms with E-state index in [1.165, 1.54) is 11.3 Å². The summed E-state index contributed by atoms with van der Waals surface area (Å²) in [6.45, 7) is 10.3. The fraction of sp³-hybridized carbons (Fsp3) is 0.440. The van der Waals surface area contributed by atoms with Gasteiger partial charge in [-0.3, -0.25) is 4.79 Å². The summed E-state index contributed by atoms with van der Waals surface area (Å²) >= 11 is 1.52. The van der Waals surface area contributed by atoms with Crippen molar-refractivity contribution in [3.63, 3.8) is 0 Å². The first-order chi connectivity index (χ1) is 14.8. The highest BCUT2D eigenvalue weighted by atomic mass is 32.1. The van der Waals surface area contributed by atoms with Crippen LogP contribution in [0.3, 0.4) is 0 Å². The number of nitrogens with zero attached hydrogens (tertiary/aromatic N) is 2. The summed E-state index contributed by atoms with van der Waals surface area (Å²) in [6.07, 6.45) is 1.99. The van der Waals surface area contributed by atoms with E-state index in [0.29, 0.717) is 23.1 Å². The topological polar surface area (TPSA) is 62.7 Å². The molecule has 0 unspecified atom stereocenters. The molecule has 166 valence electrons. The molecular formula is C25H32N2O3S. The van der Waals surface area contributed by atoms with E-state index in [9.17, 15) is 9.90 Å². The lowest BCUT2D eigenvalue weighted by Gasteiger charge is -2.24. The van der Waals surface area contributed by atoms with Crippen molar-refractivity contribution >= 4 is 27.5 Å². The minimum atomic E-state index is 0.0837. The van der Waals surface area contributed by atoms with Gasteiger partial charge in [-0.2, -0.15) is 0 Å². The largest absolute Gasteiger partial charge is 0.508 e. The van der Waals surface area contributed by atoms with Gasteiger partial charge in [0.2, 0.25) is 0 Å². The van der Waals surface area contributed by atoms with Gasteiger partial charge in [0, 0.05) is 24.7 Å². The molecule has 6 heteroatoms. The molecule has 0 aliphatic heterocycles. The average molecular weight is 441 g/mol. The normalized spacial score (nSPS) is 11.5. The van der Waals surface area contributed by atoms with Gasteiger partial charge >= 0.3 is 0 Å². The molecule has 0 aliphatic carbocycles. The van der Waals surface area contributed by atoms with Gasteiger partial charge in [0.25, 0.3) is 5.91 Å². The van der Waals surface area contributed by atoms with Crippen LogP contribution in [0.25, 0.3) is 20.8 Å². The van der Waals surface area contributed by atoms with Crippen molar-refractivity contribution in [2.24, 2.45) is 11.8 Å². The molecule has 0 spiro atoms. The Kier molecular flexibility index (Phi) is 7.55. The monoisotopic (exact) mass is 440 g/mol. The van der Waals surface area contributed by atoms with Crippen LogP contribution in [0, 0.1) is 11.8 Å². The Morgan fingerprint density at radius 1 is 1.06 bits per heavy atom. The number of phenolic OH excluding ortho intramolecular Hbond substituents is 1. The number of methoxy groups -OCH3 is 1. The highest BCUT2D eigenvalue weighted by Crippen LogP contribution is 2.37. The summed E-state index contributed by atoms with van der Waals surface area (Å²) in [5.74, 6) is 1.92. The Bertz CT molecular complexity index is 1030. The lowest BCUT2D eigenvalue weighted by molar-refractivity contribution is 0.0741. The van der Waals surface area contributed by atoms with Gasteiger partial charge in [-0.05, 0) is 55.0 Å². The molecule has 1 heterocycles. The lowest BCUT2D eigenvalue weighted by atomic mass is 10.1. The van der Waals surface area contributed by atoms with E-state index < -0.39 is 0 Å². The zero-order valence-corrected chi connectivity index (χ0v) is 19.8. The summed E-state index contributed by atoms with van der Waals surface area (Å²) in [6, 6.07) is 10.7. The molecule has 0 fully saturated rings. The van der Waals surface area contributed by atoms with E-state index in [1.807, 2.05) is 23.1 Å². The second kappa shape index (κ2) is 10.1. The molecule has 0 bridgehead atoms. The molecule has 5 nitrogen and oxygen atoms in total. The van der Waals surface area contributed by atoms with Crippen LogP contribution in [0.5, 0.6) is 11.5 Å². The van der Waals surface area contributed by atoms with Crippen LogP contribution in [0.1, 0.15) is 50.9 Å². The predicted octanol–water partition coefficient (Wildman–Crippen LogP) is 6.21. The van der Waals surface area contributed by atoms with Gasteiger partial charge in [-0.25, -0.2) is 4.98 Å². The molecule has 0 atom stereocenters. The molecule has 3 aromatic rings. The van der Waals surface area contributed by atoms with E-state index in [0.717, 1.165) is 46.7 Å². The van der Waals surface area contributed by atoms with E-state index in [-0.39, 0.29) is 11.7 Å². The minimum absolute atomic E-state index is 0.0837. The fourth-order valence-corrected chi connectivity index (χ4v) is 4.39. The van der Waals surface area contributed by atoms with E-state index >= 15 is 0 Å². The standard InChI is InChI=1S/C25H32N2O3S/c1-16(2)10-12-27(13-11-17(3)4)25(29)18-6-9-21-23(14-18)31-24(26-21)20-8-7-19(28)15-22(20)30-5/h6-9,14-17,28H,10-13H2,1-5H3. The van der Waals surface area contributed by atoms with Crippen molar-refractivity contribution in [1.82, 2.24) is 9.88 Å². The molecule has 0 saturated carbocycles. The predicted molar refractivity (Wildman–Crippen MR) is 128 cm³/mol. The van der Waals surface area contributed by atoms with Crippen LogP contribution < -0.4 is 4.74 Å². The summed E-state index contributed by atoms with van der Waals surface area (Å²) < 4.78 is 6.37. The van der Waals surface area contributed by atoms with Crippen LogP contribution >= 0.6 is 11.3 Å². The van der Waals surface area contributed by atoms with E-state index in [2.05, 4.69) is 27.7 Å². The molecular weight excluding hydrogens is 408 g/mol. The number of phenols is 1. The third-order valence-electron chi connectivity index (χ3n) is 5.29. The average Bonchev–Trinajstić information content (AvgIpc) is 3.15. The number of thiazole rings is 1. The van der Waals surface area contributed by atoms with Crippen molar-refractivity contribution in [1.29, 1.82) is 0 Å². The van der Waals surface area contributed by atoms with Gasteiger partial charge in [0.15, 0.2) is 0 Å². The van der Waals surface area contributed by atoms with Gasteiger partial charge < -0.3 is 14.7 Å². The van der Waals surface area contributed by atoms with Crippen molar-refractivity contribution in [2.45, 2.75) is 40.5 Å². The molecule has 1 amide bonds. The summed E-state index contributed by atoms with van der Waals surface area (Å²) in [5, 5.41) is 10.5. The third kappa shape index (κ3) is 5.76. The number of hydrogen-bond acceptors (Lipinski definition) is 5. The first-order valence-corrected chi connectivity index (χ1v) is 11.7. The molecule has 1 aromatic heterocycles. The Morgan fingerprint density at radius 2 is 1.74 bits per heavy atom. The maximum Gasteiger partial charge on any atom is 0.253 e. The second-order valence-corrected chi connectivity index (χ2v) is 9.77. The van der Waals surface area contributed by atoms with Gasteiger partial charge in [-0.1, -0.05) is 27.7 Å². The molecule has 2 aromatic carbocycles.